The van der Waals surface area contributed by atoms with Gasteiger partial charge >= 0.3 is 6.03 Å². The minimum absolute atomic E-state index is 0.105. The highest BCUT2D eigenvalue weighted by molar-refractivity contribution is 5.91. The molecule has 0 radical (unpaired) electrons. The van der Waals surface area contributed by atoms with Gasteiger partial charge in [0.1, 0.15) is 12.7 Å². The first-order chi connectivity index (χ1) is 12.0. The van der Waals surface area contributed by atoms with Gasteiger partial charge in [-0.05, 0) is 30.7 Å². The Morgan fingerprint density at radius 1 is 1.36 bits per heavy atom. The van der Waals surface area contributed by atoms with Gasteiger partial charge in [0.15, 0.2) is 0 Å². The minimum atomic E-state index is -0.292. The van der Waals surface area contributed by atoms with E-state index < -0.39 is 0 Å². The van der Waals surface area contributed by atoms with Crippen LogP contribution in [0.5, 0.6) is 0 Å². The molecule has 0 bridgehead atoms. The monoisotopic (exact) mass is 341 g/mol. The van der Waals surface area contributed by atoms with Crippen molar-refractivity contribution in [2.24, 2.45) is 7.05 Å². The molecule has 25 heavy (non-hydrogen) atoms. The molecule has 130 valence electrons. The fourth-order valence-electron chi connectivity index (χ4n) is 2.33. The summed E-state index contributed by atoms with van der Waals surface area (Å²) in [7, 11) is 1.70. The van der Waals surface area contributed by atoms with Crippen molar-refractivity contribution < 1.29 is 4.79 Å². The van der Waals surface area contributed by atoms with Gasteiger partial charge < -0.3 is 10.6 Å². The van der Waals surface area contributed by atoms with Crippen LogP contribution in [0.3, 0.4) is 0 Å². The van der Waals surface area contributed by atoms with Crippen LogP contribution in [0.4, 0.5) is 10.5 Å². The Morgan fingerprint density at radius 3 is 2.88 bits per heavy atom. The summed E-state index contributed by atoms with van der Waals surface area (Å²) >= 11 is 0. The summed E-state index contributed by atoms with van der Waals surface area (Å²) in [6, 6.07) is 5.23. The van der Waals surface area contributed by atoms with Crippen molar-refractivity contribution in [1.82, 2.24) is 40.3 Å². The van der Waals surface area contributed by atoms with Crippen LogP contribution in [-0.2, 0) is 13.6 Å². The van der Waals surface area contributed by atoms with Crippen molar-refractivity contribution in [3.05, 3.63) is 36.4 Å². The first kappa shape index (κ1) is 16.6. The van der Waals surface area contributed by atoms with E-state index in [0.29, 0.717) is 18.1 Å². The van der Waals surface area contributed by atoms with Gasteiger partial charge in [-0.15, -0.1) is 10.2 Å². The summed E-state index contributed by atoms with van der Waals surface area (Å²) in [5.74, 6) is 0.505. The second kappa shape index (κ2) is 7.07. The van der Waals surface area contributed by atoms with E-state index in [1.54, 1.807) is 18.1 Å². The molecule has 0 saturated heterocycles. The average molecular weight is 341 g/mol. The second-order valence-corrected chi connectivity index (χ2v) is 5.75. The van der Waals surface area contributed by atoms with E-state index in [2.05, 4.69) is 36.1 Å². The highest BCUT2D eigenvalue weighted by atomic mass is 16.2. The molecule has 1 atom stereocenters. The minimum Gasteiger partial charge on any atom is -0.334 e. The molecular formula is C15H19N9O. The number of nitrogens with one attached hydrogen (secondary N) is 2. The number of rotatable bonds is 5. The van der Waals surface area contributed by atoms with Crippen LogP contribution in [0.25, 0.3) is 11.4 Å². The van der Waals surface area contributed by atoms with Crippen LogP contribution in [0.1, 0.15) is 12.5 Å². The van der Waals surface area contributed by atoms with E-state index in [4.69, 9.17) is 0 Å². The van der Waals surface area contributed by atoms with Crippen molar-refractivity contribution in [1.29, 1.82) is 0 Å². The summed E-state index contributed by atoms with van der Waals surface area (Å²) in [6.45, 7) is 4.35. The van der Waals surface area contributed by atoms with Crippen molar-refractivity contribution in [3.8, 4) is 11.4 Å². The molecule has 0 aliphatic rings. The van der Waals surface area contributed by atoms with Gasteiger partial charge in [0, 0.05) is 17.3 Å². The third-order valence-electron chi connectivity index (χ3n) is 3.56. The Kier molecular flexibility index (Phi) is 4.68. The van der Waals surface area contributed by atoms with E-state index in [0.717, 1.165) is 11.1 Å². The van der Waals surface area contributed by atoms with Crippen molar-refractivity contribution >= 4 is 11.7 Å². The number of urea groups is 1. The van der Waals surface area contributed by atoms with Crippen molar-refractivity contribution in [2.45, 2.75) is 26.4 Å². The summed E-state index contributed by atoms with van der Waals surface area (Å²) in [5, 5.41) is 21.7. The third-order valence-corrected chi connectivity index (χ3v) is 3.56. The van der Waals surface area contributed by atoms with E-state index >= 15 is 0 Å². The molecule has 0 fully saturated rings. The number of benzene rings is 1. The molecule has 0 aliphatic heterocycles. The standard InChI is InChI=1S/C15H19N9O/c1-10-4-5-12(14-20-22-23(3)21-14)6-13(10)19-15(25)18-11(2)7-24-9-16-8-17-24/h4-6,8-9,11H,7H2,1-3H3,(H2,18,19,25)/t11-/m1/s1. The van der Waals surface area contributed by atoms with Crippen LogP contribution >= 0.6 is 0 Å². The number of anilines is 1. The Bertz CT molecular complexity index is 856. The zero-order chi connectivity index (χ0) is 17.8. The van der Waals surface area contributed by atoms with Gasteiger partial charge in [-0.25, -0.2) is 9.78 Å². The topological polar surface area (TPSA) is 115 Å². The summed E-state index contributed by atoms with van der Waals surface area (Å²) in [5.41, 5.74) is 2.41. The van der Waals surface area contributed by atoms with Gasteiger partial charge in [-0.2, -0.15) is 9.90 Å². The van der Waals surface area contributed by atoms with Gasteiger partial charge in [0.05, 0.1) is 13.6 Å². The first-order valence-electron chi connectivity index (χ1n) is 7.76. The maximum absolute atomic E-state index is 12.2. The quantitative estimate of drug-likeness (QED) is 0.715. The number of tetrazole rings is 1. The Balaban J connectivity index is 1.66. The van der Waals surface area contributed by atoms with Crippen LogP contribution in [0.15, 0.2) is 30.9 Å². The predicted molar refractivity (Wildman–Crippen MR) is 90.6 cm³/mol. The number of amides is 2. The average Bonchev–Trinajstić information content (AvgIpc) is 3.21. The van der Waals surface area contributed by atoms with E-state index in [9.17, 15) is 4.79 Å². The Hall–Kier alpha value is -3.30. The number of hydrogen-bond acceptors (Lipinski definition) is 6. The van der Waals surface area contributed by atoms with Crippen LogP contribution in [-0.4, -0.2) is 47.0 Å². The lowest BCUT2D eigenvalue weighted by atomic mass is 10.1. The highest BCUT2D eigenvalue weighted by Crippen LogP contribution is 2.22. The summed E-state index contributed by atoms with van der Waals surface area (Å²) in [6.07, 6.45) is 3.07. The van der Waals surface area contributed by atoms with E-state index in [1.807, 2.05) is 32.0 Å². The van der Waals surface area contributed by atoms with Gasteiger partial charge in [0.25, 0.3) is 0 Å². The molecule has 0 aliphatic carbocycles. The molecule has 10 heteroatoms. The predicted octanol–water partition coefficient (Wildman–Crippen LogP) is 0.987. The molecule has 2 heterocycles. The second-order valence-electron chi connectivity index (χ2n) is 5.75. The van der Waals surface area contributed by atoms with Crippen molar-refractivity contribution in [3.63, 3.8) is 0 Å². The fraction of sp³-hybridized carbons (Fsp3) is 0.333. The van der Waals surface area contributed by atoms with Gasteiger partial charge in [0.2, 0.25) is 5.82 Å². The maximum Gasteiger partial charge on any atom is 0.319 e. The molecule has 2 N–H and O–H groups in total. The molecular weight excluding hydrogens is 322 g/mol. The Labute approximate surface area is 144 Å². The number of aryl methyl sites for hydroxylation is 2. The van der Waals surface area contributed by atoms with Crippen LogP contribution in [0, 0.1) is 6.92 Å². The van der Waals surface area contributed by atoms with E-state index in [1.165, 1.54) is 11.1 Å². The van der Waals surface area contributed by atoms with Gasteiger partial charge in [-0.1, -0.05) is 12.1 Å². The summed E-state index contributed by atoms with van der Waals surface area (Å²) < 4.78 is 1.66. The number of carbonyl (C=O) groups excluding carboxylic acids is 1. The van der Waals surface area contributed by atoms with E-state index in [-0.39, 0.29) is 12.1 Å². The molecule has 2 amide bonds. The number of carbonyl (C=O) groups is 1. The molecule has 0 saturated carbocycles. The fourth-order valence-corrected chi connectivity index (χ4v) is 2.33. The number of aromatic nitrogens is 7. The smallest absolute Gasteiger partial charge is 0.319 e. The molecule has 2 aromatic heterocycles. The molecule has 10 nitrogen and oxygen atoms in total. The maximum atomic E-state index is 12.2. The number of hydrogen-bond donors (Lipinski definition) is 2. The first-order valence-corrected chi connectivity index (χ1v) is 7.76. The van der Waals surface area contributed by atoms with Crippen LogP contribution in [0.2, 0.25) is 0 Å². The Morgan fingerprint density at radius 2 is 2.20 bits per heavy atom. The summed E-state index contributed by atoms with van der Waals surface area (Å²) in [4.78, 5) is 17.5. The lowest BCUT2D eigenvalue weighted by molar-refractivity contribution is 0.247. The van der Waals surface area contributed by atoms with Crippen LogP contribution < -0.4 is 10.6 Å². The highest BCUT2D eigenvalue weighted by Gasteiger charge is 2.12. The van der Waals surface area contributed by atoms with Gasteiger partial charge in [-0.3, -0.25) is 4.68 Å². The molecule has 3 rings (SSSR count). The zero-order valence-electron chi connectivity index (χ0n) is 14.2. The molecule has 0 spiro atoms. The number of nitrogens with zero attached hydrogens (tertiary/aromatic N) is 7. The lowest BCUT2D eigenvalue weighted by Crippen LogP contribution is -2.38. The SMILES string of the molecule is Cc1ccc(-c2nnn(C)n2)cc1NC(=O)N[C@H](C)Cn1cncn1. The lowest BCUT2D eigenvalue weighted by Gasteiger charge is -2.15. The van der Waals surface area contributed by atoms with Crippen molar-refractivity contribution in [2.75, 3.05) is 5.32 Å². The third kappa shape index (κ3) is 4.16. The normalized spacial score (nSPS) is 12.0. The zero-order valence-corrected chi connectivity index (χ0v) is 14.2. The molecule has 1 aromatic carbocycles. The largest absolute Gasteiger partial charge is 0.334 e. The molecule has 3 aromatic rings. The molecule has 0 unspecified atom stereocenters.